The molecule has 0 bridgehead atoms. The second kappa shape index (κ2) is 7.86. The molecule has 122 valence electrons. The van der Waals surface area contributed by atoms with Gasteiger partial charge in [-0.25, -0.2) is 4.79 Å². The predicted octanol–water partition coefficient (Wildman–Crippen LogP) is 0.437. The zero-order valence-electron chi connectivity index (χ0n) is 12.7. The first-order valence-corrected chi connectivity index (χ1v) is 7.43. The Balaban J connectivity index is 1.75. The molecular weight excluding hydrogens is 286 g/mol. The number of hydrogen-bond donors (Lipinski definition) is 3. The fourth-order valence-electron chi connectivity index (χ4n) is 2.34. The Morgan fingerprint density at radius 2 is 1.91 bits per heavy atom. The molecule has 1 fully saturated rings. The van der Waals surface area contributed by atoms with Crippen LogP contribution < -0.4 is 10.1 Å². The van der Waals surface area contributed by atoms with Crippen molar-refractivity contribution in [3.63, 3.8) is 0 Å². The number of carbonyl (C=O) groups is 1. The fourth-order valence-corrected chi connectivity index (χ4v) is 2.34. The van der Waals surface area contributed by atoms with E-state index < -0.39 is 6.23 Å². The average Bonchev–Trinajstić information content (AvgIpc) is 2.50. The molecule has 2 amide bonds. The van der Waals surface area contributed by atoms with Crippen molar-refractivity contribution in [2.45, 2.75) is 13.2 Å². The Kier molecular flexibility index (Phi) is 5.85. The molecule has 1 heterocycles. The maximum atomic E-state index is 12.1. The normalized spacial score (nSPS) is 17.1. The van der Waals surface area contributed by atoms with Crippen LogP contribution in [-0.4, -0.2) is 71.6 Å². The summed E-state index contributed by atoms with van der Waals surface area (Å²) in [5, 5.41) is 20.9. The number of aromatic hydroxyl groups is 1. The molecule has 0 saturated carbocycles. The smallest absolute Gasteiger partial charge is 0.320 e. The summed E-state index contributed by atoms with van der Waals surface area (Å²) in [6.07, 6.45) is -0.465. The number of ether oxygens (including phenoxy) is 1. The molecule has 1 aliphatic heterocycles. The molecule has 7 heteroatoms. The Hall–Kier alpha value is -1.99. The number of nitrogens with one attached hydrogen (secondary N) is 1. The number of aliphatic hydroxyl groups is 1. The van der Waals surface area contributed by atoms with Gasteiger partial charge < -0.3 is 25.2 Å². The van der Waals surface area contributed by atoms with Crippen LogP contribution in [0.5, 0.6) is 11.5 Å². The monoisotopic (exact) mass is 309 g/mol. The van der Waals surface area contributed by atoms with E-state index >= 15 is 0 Å². The number of rotatable bonds is 5. The number of phenols is 1. The van der Waals surface area contributed by atoms with Gasteiger partial charge >= 0.3 is 6.03 Å². The summed E-state index contributed by atoms with van der Waals surface area (Å²) in [5.74, 6) is 0.753. The van der Waals surface area contributed by atoms with Crippen LogP contribution >= 0.6 is 0 Å². The van der Waals surface area contributed by atoms with Crippen LogP contribution in [0.15, 0.2) is 24.3 Å². The van der Waals surface area contributed by atoms with E-state index in [1.54, 1.807) is 24.0 Å². The largest absolute Gasteiger partial charge is 0.508 e. The highest BCUT2D eigenvalue weighted by molar-refractivity contribution is 5.74. The summed E-state index contributed by atoms with van der Waals surface area (Å²) in [6.45, 7) is 5.35. The molecule has 0 aromatic heterocycles. The van der Waals surface area contributed by atoms with Crippen molar-refractivity contribution in [1.29, 1.82) is 0 Å². The quantitative estimate of drug-likeness (QED) is 0.687. The number of benzene rings is 1. The van der Waals surface area contributed by atoms with E-state index in [0.29, 0.717) is 25.4 Å². The van der Waals surface area contributed by atoms with E-state index in [1.165, 1.54) is 12.1 Å². The lowest BCUT2D eigenvalue weighted by Crippen LogP contribution is -2.54. The molecule has 1 saturated heterocycles. The Bertz CT molecular complexity index is 472. The van der Waals surface area contributed by atoms with E-state index in [9.17, 15) is 9.90 Å². The lowest BCUT2D eigenvalue weighted by molar-refractivity contribution is 0.110. The third-order valence-electron chi connectivity index (χ3n) is 3.55. The summed E-state index contributed by atoms with van der Waals surface area (Å²) in [7, 11) is 0. The molecule has 7 nitrogen and oxygen atoms in total. The lowest BCUT2D eigenvalue weighted by Gasteiger charge is -2.34. The highest BCUT2D eigenvalue weighted by Gasteiger charge is 2.21. The van der Waals surface area contributed by atoms with Gasteiger partial charge in [0, 0.05) is 32.7 Å². The Morgan fingerprint density at radius 3 is 2.50 bits per heavy atom. The summed E-state index contributed by atoms with van der Waals surface area (Å²) in [6, 6.07) is 6.20. The van der Waals surface area contributed by atoms with Gasteiger partial charge in [-0.15, -0.1) is 0 Å². The minimum Gasteiger partial charge on any atom is -0.508 e. The van der Waals surface area contributed by atoms with Crippen molar-refractivity contribution in [3.05, 3.63) is 24.3 Å². The van der Waals surface area contributed by atoms with Gasteiger partial charge in [-0.05, 0) is 31.2 Å². The number of nitrogens with zero attached hydrogens (tertiary/aromatic N) is 2. The minimum absolute atomic E-state index is 0.143. The second-order valence-electron chi connectivity index (χ2n) is 5.26. The number of hydrogen-bond acceptors (Lipinski definition) is 5. The van der Waals surface area contributed by atoms with Crippen LogP contribution in [0.1, 0.15) is 6.92 Å². The highest BCUT2D eigenvalue weighted by atomic mass is 16.5. The van der Waals surface area contributed by atoms with Crippen molar-refractivity contribution >= 4 is 6.03 Å². The molecule has 1 aliphatic rings. The van der Waals surface area contributed by atoms with Gasteiger partial charge in [0.05, 0.1) is 6.61 Å². The third kappa shape index (κ3) is 4.78. The predicted molar refractivity (Wildman–Crippen MR) is 81.8 cm³/mol. The topological polar surface area (TPSA) is 85.3 Å². The lowest BCUT2D eigenvalue weighted by atomic mass is 10.3. The van der Waals surface area contributed by atoms with Crippen LogP contribution in [-0.2, 0) is 0 Å². The van der Waals surface area contributed by atoms with Gasteiger partial charge in [0.25, 0.3) is 0 Å². The fraction of sp³-hybridized carbons (Fsp3) is 0.533. The van der Waals surface area contributed by atoms with Crippen LogP contribution in [0.2, 0.25) is 0 Å². The van der Waals surface area contributed by atoms with Crippen molar-refractivity contribution in [1.82, 2.24) is 15.1 Å². The van der Waals surface area contributed by atoms with E-state index in [0.717, 1.165) is 13.1 Å². The molecule has 3 N–H and O–H groups in total. The number of β-amino-alcohol motifs (C(OH)–C–C–N with tert-alkyl or cyclic N) is 1. The van der Waals surface area contributed by atoms with Gasteiger partial charge in [-0.3, -0.25) is 4.90 Å². The minimum atomic E-state index is -0.465. The summed E-state index contributed by atoms with van der Waals surface area (Å²) >= 11 is 0. The van der Waals surface area contributed by atoms with Crippen molar-refractivity contribution in [3.8, 4) is 11.5 Å². The molecule has 1 unspecified atom stereocenters. The number of urea groups is 1. The summed E-state index contributed by atoms with van der Waals surface area (Å²) in [4.78, 5) is 16.0. The number of phenolic OH excluding ortho intramolecular Hbond substituents is 1. The zero-order valence-corrected chi connectivity index (χ0v) is 12.7. The van der Waals surface area contributed by atoms with E-state index in [2.05, 4.69) is 10.2 Å². The number of aliphatic hydroxyl groups excluding tert-OH is 1. The Labute approximate surface area is 130 Å². The van der Waals surface area contributed by atoms with E-state index in [1.807, 2.05) is 0 Å². The first-order chi connectivity index (χ1) is 10.6. The molecule has 1 atom stereocenters. The van der Waals surface area contributed by atoms with E-state index in [4.69, 9.17) is 9.84 Å². The standard InChI is InChI=1S/C15H23N3O4/c1-12(22-14-4-2-13(20)3-5-14)16-15(21)18-8-6-17(7-9-18)10-11-19/h2-5,12,19-20H,6-11H2,1H3,(H,16,21). The molecule has 0 aliphatic carbocycles. The van der Waals surface area contributed by atoms with Crippen molar-refractivity contribution < 1.29 is 19.7 Å². The van der Waals surface area contributed by atoms with Gasteiger partial charge in [0.1, 0.15) is 11.5 Å². The summed E-state index contributed by atoms with van der Waals surface area (Å²) in [5.41, 5.74) is 0. The van der Waals surface area contributed by atoms with Crippen LogP contribution in [0.25, 0.3) is 0 Å². The van der Waals surface area contributed by atoms with Gasteiger partial charge in [-0.2, -0.15) is 0 Å². The molecule has 0 spiro atoms. The third-order valence-corrected chi connectivity index (χ3v) is 3.55. The van der Waals surface area contributed by atoms with Crippen LogP contribution in [0.3, 0.4) is 0 Å². The van der Waals surface area contributed by atoms with Crippen molar-refractivity contribution in [2.24, 2.45) is 0 Å². The molecular formula is C15H23N3O4. The maximum Gasteiger partial charge on any atom is 0.320 e. The number of piperazine rings is 1. The second-order valence-corrected chi connectivity index (χ2v) is 5.26. The maximum absolute atomic E-state index is 12.1. The first-order valence-electron chi connectivity index (χ1n) is 7.43. The molecule has 1 aromatic carbocycles. The summed E-state index contributed by atoms with van der Waals surface area (Å²) < 4.78 is 5.58. The Morgan fingerprint density at radius 1 is 1.27 bits per heavy atom. The molecule has 22 heavy (non-hydrogen) atoms. The zero-order chi connectivity index (χ0) is 15.9. The number of carbonyl (C=O) groups excluding carboxylic acids is 1. The van der Waals surface area contributed by atoms with Crippen LogP contribution in [0, 0.1) is 0 Å². The molecule has 0 radical (unpaired) electrons. The SMILES string of the molecule is CC(NC(=O)N1CCN(CCO)CC1)Oc1ccc(O)cc1. The van der Waals surface area contributed by atoms with Gasteiger partial charge in [-0.1, -0.05) is 0 Å². The molecule has 1 aromatic rings. The highest BCUT2D eigenvalue weighted by Crippen LogP contribution is 2.16. The van der Waals surface area contributed by atoms with Gasteiger partial charge in [0.15, 0.2) is 6.23 Å². The van der Waals surface area contributed by atoms with E-state index in [-0.39, 0.29) is 18.4 Å². The van der Waals surface area contributed by atoms with Crippen molar-refractivity contribution in [2.75, 3.05) is 39.3 Å². The van der Waals surface area contributed by atoms with Gasteiger partial charge in [0.2, 0.25) is 0 Å². The van der Waals surface area contributed by atoms with Crippen LogP contribution in [0.4, 0.5) is 4.79 Å². The number of amides is 2. The molecule has 2 rings (SSSR count). The average molecular weight is 309 g/mol. The first kappa shape index (κ1) is 16.4.